The molecule has 0 atom stereocenters. The molecule has 20 heavy (non-hydrogen) atoms. The van der Waals surface area contributed by atoms with E-state index < -0.39 is 10.0 Å². The van der Waals surface area contributed by atoms with Crippen LogP contribution in [-0.2, 0) is 16.6 Å². The van der Waals surface area contributed by atoms with Crippen molar-refractivity contribution in [3.8, 4) is 0 Å². The quantitative estimate of drug-likeness (QED) is 0.779. The van der Waals surface area contributed by atoms with Gasteiger partial charge in [-0.3, -0.25) is 0 Å². The minimum atomic E-state index is -3.58. The van der Waals surface area contributed by atoms with Gasteiger partial charge in [0.25, 0.3) is 0 Å². The van der Waals surface area contributed by atoms with E-state index in [1.54, 1.807) is 0 Å². The number of fused-ring (bicyclic) bond motifs is 1. The van der Waals surface area contributed by atoms with Crippen LogP contribution in [0.1, 0.15) is 5.01 Å². The van der Waals surface area contributed by atoms with Crippen molar-refractivity contribution in [2.75, 3.05) is 0 Å². The molecule has 0 fully saturated rings. The Balaban J connectivity index is 1.76. The zero-order chi connectivity index (χ0) is 14.2. The van der Waals surface area contributed by atoms with Crippen molar-refractivity contribution in [2.45, 2.75) is 11.4 Å². The lowest BCUT2D eigenvalue weighted by Gasteiger charge is -2.04. The highest BCUT2D eigenvalue weighted by Gasteiger charge is 2.15. The minimum Gasteiger partial charge on any atom is -0.207 e. The van der Waals surface area contributed by atoms with Gasteiger partial charge in [0.2, 0.25) is 15.0 Å². The molecule has 0 aliphatic rings. The number of nitrogens with one attached hydrogen (secondary N) is 1. The van der Waals surface area contributed by atoms with E-state index in [2.05, 4.69) is 20.0 Å². The number of rotatable bonds is 4. The van der Waals surface area contributed by atoms with Gasteiger partial charge in [-0.1, -0.05) is 22.9 Å². The number of aromatic nitrogens is 4. The molecule has 2 heterocycles. The van der Waals surface area contributed by atoms with Crippen molar-refractivity contribution in [3.63, 3.8) is 0 Å². The van der Waals surface area contributed by atoms with Crippen molar-refractivity contribution >= 4 is 37.9 Å². The summed E-state index contributed by atoms with van der Waals surface area (Å²) < 4.78 is 28.1. The molecule has 1 aromatic carbocycles. The van der Waals surface area contributed by atoms with Crippen LogP contribution in [-0.4, -0.2) is 28.2 Å². The van der Waals surface area contributed by atoms with Gasteiger partial charge >= 0.3 is 0 Å². The lowest BCUT2D eigenvalue weighted by molar-refractivity contribution is 0.580. The van der Waals surface area contributed by atoms with Crippen LogP contribution in [0.25, 0.3) is 4.96 Å². The molecule has 1 N–H and O–H groups in total. The van der Waals surface area contributed by atoms with Crippen molar-refractivity contribution in [3.05, 3.63) is 40.6 Å². The van der Waals surface area contributed by atoms with Gasteiger partial charge in [-0.2, -0.15) is 9.61 Å². The Morgan fingerprint density at radius 3 is 2.75 bits per heavy atom. The lowest BCUT2D eigenvalue weighted by Crippen LogP contribution is -2.23. The lowest BCUT2D eigenvalue weighted by atomic mass is 10.4. The van der Waals surface area contributed by atoms with Crippen molar-refractivity contribution in [1.29, 1.82) is 0 Å². The first-order valence-corrected chi connectivity index (χ1v) is 8.13. The maximum Gasteiger partial charge on any atom is 0.240 e. The molecule has 0 aliphatic heterocycles. The molecule has 0 saturated heterocycles. The second-order valence-electron chi connectivity index (χ2n) is 3.83. The zero-order valence-electron chi connectivity index (χ0n) is 9.89. The summed E-state index contributed by atoms with van der Waals surface area (Å²) >= 11 is 7.00. The fourth-order valence-electron chi connectivity index (χ4n) is 1.53. The van der Waals surface area contributed by atoms with Crippen LogP contribution in [0.5, 0.6) is 0 Å². The van der Waals surface area contributed by atoms with Crippen molar-refractivity contribution < 1.29 is 8.42 Å². The second-order valence-corrected chi connectivity index (χ2v) is 7.08. The second kappa shape index (κ2) is 5.09. The number of hydrogen-bond acceptors (Lipinski definition) is 6. The van der Waals surface area contributed by atoms with Crippen LogP contribution < -0.4 is 4.72 Å². The Bertz CT molecular complexity index is 812. The third-order valence-electron chi connectivity index (χ3n) is 2.47. The molecule has 104 valence electrons. The van der Waals surface area contributed by atoms with E-state index in [1.165, 1.54) is 46.4 Å². The molecule has 3 aromatic rings. The van der Waals surface area contributed by atoms with Gasteiger partial charge in [0, 0.05) is 5.02 Å². The molecule has 7 nitrogen and oxygen atoms in total. The molecule has 0 unspecified atom stereocenters. The molecule has 0 bridgehead atoms. The van der Waals surface area contributed by atoms with Gasteiger partial charge < -0.3 is 0 Å². The van der Waals surface area contributed by atoms with Crippen LogP contribution in [0.15, 0.2) is 35.5 Å². The van der Waals surface area contributed by atoms with E-state index in [0.29, 0.717) is 15.0 Å². The Morgan fingerprint density at radius 1 is 1.30 bits per heavy atom. The summed E-state index contributed by atoms with van der Waals surface area (Å²) in [6.45, 7) is 0.0962. The summed E-state index contributed by atoms with van der Waals surface area (Å²) in [5.74, 6) is 0. The fraction of sp³-hybridized carbons (Fsp3) is 0.100. The summed E-state index contributed by atoms with van der Waals surface area (Å²) in [6, 6.07) is 5.95. The third kappa shape index (κ3) is 2.66. The minimum absolute atomic E-state index is 0.0962. The molecular weight excluding hydrogens is 322 g/mol. The highest BCUT2D eigenvalue weighted by Crippen LogP contribution is 2.15. The van der Waals surface area contributed by atoms with E-state index in [-0.39, 0.29) is 11.4 Å². The average Bonchev–Trinajstić information content (AvgIpc) is 2.97. The number of halogens is 1. The first-order valence-electron chi connectivity index (χ1n) is 5.45. The first-order chi connectivity index (χ1) is 9.54. The topological polar surface area (TPSA) is 89.2 Å². The Labute approximate surface area is 123 Å². The van der Waals surface area contributed by atoms with Gasteiger partial charge in [-0.15, -0.1) is 10.2 Å². The van der Waals surface area contributed by atoms with Crippen LogP contribution in [0.4, 0.5) is 0 Å². The van der Waals surface area contributed by atoms with E-state index in [0.717, 1.165) is 0 Å². The van der Waals surface area contributed by atoms with Crippen LogP contribution >= 0.6 is 22.9 Å². The molecule has 0 saturated carbocycles. The number of nitrogens with zero attached hydrogens (tertiary/aromatic N) is 4. The molecule has 0 radical (unpaired) electrons. The fourth-order valence-corrected chi connectivity index (χ4v) is 3.48. The van der Waals surface area contributed by atoms with E-state index in [4.69, 9.17) is 11.6 Å². The van der Waals surface area contributed by atoms with Crippen LogP contribution in [0.2, 0.25) is 5.02 Å². The maximum atomic E-state index is 12.1. The van der Waals surface area contributed by atoms with Gasteiger partial charge in [0.05, 0.1) is 11.4 Å². The molecular formula is C10H8ClN5O2S2. The van der Waals surface area contributed by atoms with Gasteiger partial charge in [-0.05, 0) is 24.3 Å². The third-order valence-corrected chi connectivity index (χ3v) is 5.05. The summed E-state index contributed by atoms with van der Waals surface area (Å²) in [6.07, 6.45) is 1.46. The summed E-state index contributed by atoms with van der Waals surface area (Å²) in [7, 11) is -3.58. The SMILES string of the molecule is O=S(=O)(NCc1nn2cnnc2s1)c1ccc(Cl)cc1. The maximum absolute atomic E-state index is 12.1. The number of hydrogen-bond donors (Lipinski definition) is 1. The summed E-state index contributed by atoms with van der Waals surface area (Å²) in [4.78, 5) is 0.774. The Morgan fingerprint density at radius 2 is 2.05 bits per heavy atom. The number of sulfonamides is 1. The van der Waals surface area contributed by atoms with Gasteiger partial charge in [0.15, 0.2) is 0 Å². The van der Waals surface area contributed by atoms with Crippen LogP contribution in [0, 0.1) is 0 Å². The van der Waals surface area contributed by atoms with Crippen LogP contribution in [0.3, 0.4) is 0 Å². The van der Waals surface area contributed by atoms with Crippen molar-refractivity contribution in [2.24, 2.45) is 0 Å². The molecule has 2 aromatic heterocycles. The zero-order valence-corrected chi connectivity index (χ0v) is 12.3. The Kier molecular flexibility index (Phi) is 3.42. The smallest absolute Gasteiger partial charge is 0.207 e. The predicted molar refractivity (Wildman–Crippen MR) is 74.1 cm³/mol. The molecule has 0 aliphatic carbocycles. The monoisotopic (exact) mass is 329 g/mol. The molecule has 3 rings (SSSR count). The van der Waals surface area contributed by atoms with E-state index >= 15 is 0 Å². The molecule has 0 amide bonds. The standard InChI is InChI=1S/C10H8ClN5O2S2/c11-7-1-3-8(4-2-7)20(17,18)13-5-9-15-16-6-12-14-10(16)19-9/h1-4,6,13H,5H2. The highest BCUT2D eigenvalue weighted by atomic mass is 35.5. The largest absolute Gasteiger partial charge is 0.240 e. The number of benzene rings is 1. The molecule has 10 heteroatoms. The first kappa shape index (κ1) is 13.4. The predicted octanol–water partition coefficient (Wildman–Crippen LogP) is 1.32. The van der Waals surface area contributed by atoms with E-state index in [9.17, 15) is 8.42 Å². The summed E-state index contributed by atoms with van der Waals surface area (Å²) in [5.41, 5.74) is 0. The van der Waals surface area contributed by atoms with Gasteiger partial charge in [0.1, 0.15) is 11.3 Å². The van der Waals surface area contributed by atoms with Gasteiger partial charge in [-0.25, -0.2) is 13.1 Å². The highest BCUT2D eigenvalue weighted by molar-refractivity contribution is 7.89. The summed E-state index contributed by atoms with van der Waals surface area (Å²) in [5, 5.41) is 12.7. The van der Waals surface area contributed by atoms with Crippen molar-refractivity contribution in [1.82, 2.24) is 24.5 Å². The average molecular weight is 330 g/mol. The Hall–Kier alpha value is -1.55. The van der Waals surface area contributed by atoms with E-state index in [1.807, 2.05) is 0 Å². The molecule has 0 spiro atoms. The normalized spacial score (nSPS) is 12.1.